The van der Waals surface area contributed by atoms with Crippen molar-refractivity contribution in [1.29, 1.82) is 0 Å². The molecular weight excluding hydrogens is 426 g/mol. The van der Waals surface area contributed by atoms with E-state index >= 15 is 0 Å². The molecule has 1 atom stereocenters. The van der Waals surface area contributed by atoms with Crippen LogP contribution in [0.3, 0.4) is 0 Å². The highest BCUT2D eigenvalue weighted by Gasteiger charge is 2.28. The highest BCUT2D eigenvalue weighted by molar-refractivity contribution is 7.80. The van der Waals surface area contributed by atoms with Gasteiger partial charge in [-0.3, -0.25) is 4.90 Å². The average molecular weight is 458 g/mol. The number of carbonyl (C=O) groups excluding carboxylic acids is 1. The summed E-state index contributed by atoms with van der Waals surface area (Å²) in [7, 11) is 1.43. The molecule has 1 aromatic carbocycles. The lowest BCUT2D eigenvalue weighted by molar-refractivity contribution is 0.0601. The van der Waals surface area contributed by atoms with Crippen molar-refractivity contribution in [3.05, 3.63) is 45.8 Å². The maximum absolute atomic E-state index is 12.5. The van der Waals surface area contributed by atoms with Gasteiger partial charge < -0.3 is 15.4 Å². The number of anilines is 2. The van der Waals surface area contributed by atoms with Crippen LogP contribution in [0.1, 0.15) is 59.0 Å². The van der Waals surface area contributed by atoms with E-state index in [4.69, 9.17) is 17.0 Å². The van der Waals surface area contributed by atoms with Crippen molar-refractivity contribution in [3.8, 4) is 0 Å². The van der Waals surface area contributed by atoms with E-state index in [0.717, 1.165) is 42.1 Å². The molecule has 2 N–H and O–H groups in total. The van der Waals surface area contributed by atoms with E-state index in [-0.39, 0.29) is 5.97 Å². The largest absolute Gasteiger partial charge is 0.465 e. The fourth-order valence-corrected chi connectivity index (χ4v) is 6.18. The Bertz CT molecular complexity index is 933. The third-order valence-electron chi connectivity index (χ3n) is 6.19. The van der Waals surface area contributed by atoms with Gasteiger partial charge in [0.1, 0.15) is 5.00 Å². The minimum Gasteiger partial charge on any atom is -0.465 e. The number of hydrogen-bond acceptors (Lipinski definition) is 5. The number of esters is 1. The van der Waals surface area contributed by atoms with Gasteiger partial charge in [-0.2, -0.15) is 0 Å². The fraction of sp³-hybridized carbons (Fsp3) is 0.500. The van der Waals surface area contributed by atoms with Crippen molar-refractivity contribution in [2.24, 2.45) is 5.92 Å². The summed E-state index contributed by atoms with van der Waals surface area (Å²) in [5.41, 5.74) is 4.03. The van der Waals surface area contributed by atoms with Crippen LogP contribution in [-0.2, 0) is 24.1 Å². The first-order valence-electron chi connectivity index (χ1n) is 11.2. The van der Waals surface area contributed by atoms with Crippen LogP contribution in [0.4, 0.5) is 10.7 Å². The number of piperidine rings is 1. The van der Waals surface area contributed by atoms with E-state index in [0.29, 0.717) is 16.6 Å². The second kappa shape index (κ2) is 10.1. The molecule has 0 amide bonds. The lowest BCUT2D eigenvalue weighted by atomic mass is 9.88. The number of methoxy groups -OCH3 is 1. The Morgan fingerprint density at radius 1 is 1.19 bits per heavy atom. The highest BCUT2D eigenvalue weighted by Crippen LogP contribution is 2.40. The first kappa shape index (κ1) is 22.2. The van der Waals surface area contributed by atoms with Gasteiger partial charge in [0.25, 0.3) is 0 Å². The second-order valence-electron chi connectivity index (χ2n) is 8.66. The Morgan fingerprint density at radius 2 is 1.94 bits per heavy atom. The molecule has 31 heavy (non-hydrogen) atoms. The molecular formula is C24H31N3O2S2. The molecule has 0 spiro atoms. The van der Waals surface area contributed by atoms with Crippen LogP contribution in [-0.4, -0.2) is 36.2 Å². The summed E-state index contributed by atoms with van der Waals surface area (Å²) in [6, 6.07) is 8.44. The number of likely N-dealkylation sites (tertiary alicyclic amines) is 1. The van der Waals surface area contributed by atoms with Crippen molar-refractivity contribution in [2.45, 2.75) is 52.0 Å². The molecule has 2 aromatic rings. The predicted molar refractivity (Wildman–Crippen MR) is 132 cm³/mol. The normalized spacial score (nSPS) is 18.8. The number of ether oxygens (including phenoxy) is 1. The Balaban J connectivity index is 1.41. The van der Waals surface area contributed by atoms with Crippen molar-refractivity contribution in [3.63, 3.8) is 0 Å². The minimum absolute atomic E-state index is 0.292. The number of rotatable bonds is 5. The number of carbonyl (C=O) groups is 1. The van der Waals surface area contributed by atoms with E-state index in [2.05, 4.69) is 46.7 Å². The topological polar surface area (TPSA) is 53.6 Å². The van der Waals surface area contributed by atoms with Gasteiger partial charge >= 0.3 is 5.97 Å². The monoisotopic (exact) mass is 457 g/mol. The molecule has 1 aliphatic heterocycles. The van der Waals surface area contributed by atoms with Crippen molar-refractivity contribution in [1.82, 2.24) is 4.90 Å². The minimum atomic E-state index is -0.292. The molecule has 7 heteroatoms. The Morgan fingerprint density at radius 3 is 2.65 bits per heavy atom. The van der Waals surface area contributed by atoms with E-state index in [1.807, 2.05) is 0 Å². The molecule has 0 radical (unpaired) electrons. The van der Waals surface area contributed by atoms with Gasteiger partial charge in [0.05, 0.1) is 12.7 Å². The van der Waals surface area contributed by atoms with E-state index in [1.54, 1.807) is 11.3 Å². The van der Waals surface area contributed by atoms with Gasteiger partial charge in [0, 0.05) is 17.1 Å². The predicted octanol–water partition coefficient (Wildman–Crippen LogP) is 5.45. The van der Waals surface area contributed by atoms with E-state index in [1.165, 1.54) is 49.9 Å². The Labute approximate surface area is 194 Å². The van der Waals surface area contributed by atoms with Gasteiger partial charge in [-0.05, 0) is 86.6 Å². The second-order valence-corrected chi connectivity index (χ2v) is 10.2. The van der Waals surface area contributed by atoms with Crippen molar-refractivity contribution >= 4 is 45.3 Å². The van der Waals surface area contributed by atoms with Crippen LogP contribution in [0.5, 0.6) is 0 Å². The number of thiocarbonyl (C=S) groups is 1. The van der Waals surface area contributed by atoms with Gasteiger partial charge in [0.15, 0.2) is 5.11 Å². The SMILES string of the molecule is COC(=O)c1c(NC(=S)Nc2ccc(CN3CCCCC3)cc2)sc2c1CCC(C)C2. The van der Waals surface area contributed by atoms with Crippen LogP contribution in [0, 0.1) is 5.92 Å². The van der Waals surface area contributed by atoms with Crippen LogP contribution < -0.4 is 10.6 Å². The summed E-state index contributed by atoms with van der Waals surface area (Å²) in [5.74, 6) is 0.345. The van der Waals surface area contributed by atoms with E-state index < -0.39 is 0 Å². The van der Waals surface area contributed by atoms with Crippen molar-refractivity contribution < 1.29 is 9.53 Å². The molecule has 2 heterocycles. The van der Waals surface area contributed by atoms with Crippen molar-refractivity contribution in [2.75, 3.05) is 30.8 Å². The molecule has 1 saturated heterocycles. The van der Waals surface area contributed by atoms with Gasteiger partial charge in [-0.1, -0.05) is 25.5 Å². The molecule has 5 nitrogen and oxygen atoms in total. The molecule has 1 aromatic heterocycles. The zero-order valence-electron chi connectivity index (χ0n) is 18.3. The maximum Gasteiger partial charge on any atom is 0.341 e. The van der Waals surface area contributed by atoms with Crippen LogP contribution in [0.15, 0.2) is 24.3 Å². The number of nitrogens with one attached hydrogen (secondary N) is 2. The molecule has 1 aliphatic carbocycles. The maximum atomic E-state index is 12.5. The summed E-state index contributed by atoms with van der Waals surface area (Å²) in [6.45, 7) is 5.65. The summed E-state index contributed by atoms with van der Waals surface area (Å²) < 4.78 is 5.06. The quantitative estimate of drug-likeness (QED) is 0.460. The Hall–Kier alpha value is -1.96. The lowest BCUT2D eigenvalue weighted by Crippen LogP contribution is -2.29. The average Bonchev–Trinajstić information content (AvgIpc) is 3.11. The first-order valence-corrected chi connectivity index (χ1v) is 12.4. The molecule has 1 fully saturated rings. The zero-order chi connectivity index (χ0) is 21.8. The number of hydrogen-bond donors (Lipinski definition) is 2. The fourth-order valence-electron chi connectivity index (χ4n) is 4.49. The van der Waals surface area contributed by atoms with Crippen LogP contribution in [0.25, 0.3) is 0 Å². The molecule has 0 saturated carbocycles. The summed E-state index contributed by atoms with van der Waals surface area (Å²) in [6.07, 6.45) is 6.98. The first-order chi connectivity index (χ1) is 15.0. The summed E-state index contributed by atoms with van der Waals surface area (Å²) >= 11 is 7.18. The third-order valence-corrected chi connectivity index (χ3v) is 7.57. The highest BCUT2D eigenvalue weighted by atomic mass is 32.1. The molecule has 0 bridgehead atoms. The summed E-state index contributed by atoms with van der Waals surface area (Å²) in [5, 5.41) is 7.78. The van der Waals surface area contributed by atoms with Crippen LogP contribution in [0.2, 0.25) is 0 Å². The number of benzene rings is 1. The smallest absolute Gasteiger partial charge is 0.341 e. The molecule has 1 unspecified atom stereocenters. The van der Waals surface area contributed by atoms with Gasteiger partial charge in [0.2, 0.25) is 0 Å². The third kappa shape index (κ3) is 5.45. The molecule has 166 valence electrons. The van der Waals surface area contributed by atoms with E-state index in [9.17, 15) is 4.79 Å². The number of thiophene rings is 1. The van der Waals surface area contributed by atoms with Gasteiger partial charge in [-0.15, -0.1) is 11.3 Å². The molecule has 4 rings (SSSR count). The van der Waals surface area contributed by atoms with Gasteiger partial charge in [-0.25, -0.2) is 4.79 Å². The lowest BCUT2D eigenvalue weighted by Gasteiger charge is -2.26. The standard InChI is InChI=1S/C24H31N3O2S2/c1-16-6-11-19-20(14-16)31-22(21(19)23(28)29-2)26-24(30)25-18-9-7-17(8-10-18)15-27-12-4-3-5-13-27/h7-10,16H,3-6,11-15H2,1-2H3,(H2,25,26,30). The molecule has 2 aliphatic rings. The Kier molecular flexibility index (Phi) is 7.25. The zero-order valence-corrected chi connectivity index (χ0v) is 20.0. The number of nitrogens with zero attached hydrogens (tertiary/aromatic N) is 1. The summed E-state index contributed by atoms with van der Waals surface area (Å²) in [4.78, 5) is 16.3. The van der Waals surface area contributed by atoms with Crippen LogP contribution >= 0.6 is 23.6 Å². The number of fused-ring (bicyclic) bond motifs is 1.